The summed E-state index contributed by atoms with van der Waals surface area (Å²) in [6, 6.07) is 3.83. The van der Waals surface area contributed by atoms with E-state index in [1.165, 1.54) is 12.8 Å². The van der Waals surface area contributed by atoms with Crippen LogP contribution in [0.2, 0.25) is 0 Å². The lowest BCUT2D eigenvalue weighted by Crippen LogP contribution is -2.40. The first-order chi connectivity index (χ1) is 10.3. The topological polar surface area (TPSA) is 53.4 Å². The van der Waals surface area contributed by atoms with Gasteiger partial charge in [0.2, 0.25) is 0 Å². The third kappa shape index (κ3) is 3.83. The number of nitrogens with zero attached hydrogens (tertiary/aromatic N) is 2. The van der Waals surface area contributed by atoms with E-state index >= 15 is 0 Å². The highest BCUT2D eigenvalue weighted by molar-refractivity contribution is 5.95. The van der Waals surface area contributed by atoms with Crippen LogP contribution in [0.1, 0.15) is 55.1 Å². The first-order valence-corrected chi connectivity index (χ1v) is 7.63. The van der Waals surface area contributed by atoms with E-state index in [2.05, 4.69) is 23.7 Å². The summed E-state index contributed by atoms with van der Waals surface area (Å²) in [5.41, 5.74) is 0.995. The highest BCUT2D eigenvalue weighted by Crippen LogP contribution is 2.21. The smallest absolute Gasteiger partial charge is 0.273 e. The van der Waals surface area contributed by atoms with Crippen molar-refractivity contribution in [3.63, 3.8) is 0 Å². The van der Waals surface area contributed by atoms with Crippen molar-refractivity contribution < 1.29 is 9.90 Å². The van der Waals surface area contributed by atoms with Gasteiger partial charge in [-0.05, 0) is 31.4 Å². The number of aliphatic hydroxyl groups is 1. The minimum atomic E-state index is -0.218. The summed E-state index contributed by atoms with van der Waals surface area (Å²) in [4.78, 5) is 19.0. The van der Waals surface area contributed by atoms with Gasteiger partial charge in [0.15, 0.2) is 0 Å². The molecule has 2 rings (SSSR count). The van der Waals surface area contributed by atoms with E-state index < -0.39 is 0 Å². The highest BCUT2D eigenvalue weighted by Gasteiger charge is 2.26. The van der Waals surface area contributed by atoms with Gasteiger partial charge in [-0.1, -0.05) is 31.6 Å². The Kier molecular flexibility index (Phi) is 5.77. The van der Waals surface area contributed by atoms with Gasteiger partial charge >= 0.3 is 0 Å². The Labute approximate surface area is 126 Å². The number of carbonyl (C=O) groups excluding carboxylic acids is 1. The summed E-state index contributed by atoms with van der Waals surface area (Å²) < 4.78 is 0. The van der Waals surface area contributed by atoms with Crippen LogP contribution in [0, 0.1) is 11.8 Å². The molecule has 4 heteroatoms. The molecular formula is C17H22N2O2. The molecule has 1 aromatic heterocycles. The maximum atomic E-state index is 12.8. The summed E-state index contributed by atoms with van der Waals surface area (Å²) >= 11 is 0. The first-order valence-electron chi connectivity index (χ1n) is 7.63. The minimum Gasteiger partial charge on any atom is -0.384 e. The van der Waals surface area contributed by atoms with Crippen LogP contribution >= 0.6 is 0 Å². The lowest BCUT2D eigenvalue weighted by atomic mass is 10.1. The van der Waals surface area contributed by atoms with Crippen LogP contribution in [0.5, 0.6) is 0 Å². The van der Waals surface area contributed by atoms with Crippen molar-refractivity contribution in [2.45, 2.75) is 45.1 Å². The molecule has 1 N–H and O–H groups in total. The fourth-order valence-electron chi connectivity index (χ4n) is 2.82. The molecule has 112 valence electrons. The molecule has 2 heterocycles. The van der Waals surface area contributed by atoms with Crippen LogP contribution in [0.15, 0.2) is 18.3 Å². The van der Waals surface area contributed by atoms with E-state index in [4.69, 9.17) is 5.11 Å². The van der Waals surface area contributed by atoms with Gasteiger partial charge in [0, 0.05) is 18.8 Å². The molecule has 0 spiro atoms. The molecule has 0 aromatic carbocycles. The van der Waals surface area contributed by atoms with Gasteiger partial charge in [0.1, 0.15) is 12.3 Å². The molecule has 0 aliphatic carbocycles. The predicted octanol–water partition coefficient (Wildman–Crippen LogP) is 2.22. The molecule has 0 saturated carbocycles. The zero-order valence-electron chi connectivity index (χ0n) is 12.5. The molecule has 1 aromatic rings. The average Bonchev–Trinajstić information content (AvgIpc) is 2.77. The summed E-state index contributed by atoms with van der Waals surface area (Å²) in [6.45, 7) is 2.70. The van der Waals surface area contributed by atoms with Gasteiger partial charge in [-0.2, -0.15) is 0 Å². The fraction of sp³-hybridized carbons (Fsp3) is 0.529. The second kappa shape index (κ2) is 7.80. The van der Waals surface area contributed by atoms with Crippen molar-refractivity contribution in [1.82, 2.24) is 9.88 Å². The van der Waals surface area contributed by atoms with Gasteiger partial charge in [0.25, 0.3) is 5.91 Å². The molecule has 1 unspecified atom stereocenters. The van der Waals surface area contributed by atoms with Crippen LogP contribution in [0.25, 0.3) is 0 Å². The van der Waals surface area contributed by atoms with Gasteiger partial charge in [-0.3, -0.25) is 4.79 Å². The zero-order valence-corrected chi connectivity index (χ0v) is 12.5. The van der Waals surface area contributed by atoms with Crippen molar-refractivity contribution in [3.05, 3.63) is 29.6 Å². The number of pyridine rings is 1. The monoisotopic (exact) mass is 286 g/mol. The number of hydrogen-bond acceptors (Lipinski definition) is 3. The van der Waals surface area contributed by atoms with Gasteiger partial charge < -0.3 is 10.0 Å². The number of carbonyl (C=O) groups is 1. The lowest BCUT2D eigenvalue weighted by molar-refractivity contribution is 0.0672. The lowest BCUT2D eigenvalue weighted by Gasteiger charge is -2.29. The second-order valence-electron chi connectivity index (χ2n) is 5.27. The molecule has 4 nitrogen and oxygen atoms in total. The Morgan fingerprint density at radius 3 is 3.10 bits per heavy atom. The molecule has 1 aliphatic heterocycles. The van der Waals surface area contributed by atoms with Crippen molar-refractivity contribution in [1.29, 1.82) is 0 Å². The van der Waals surface area contributed by atoms with Crippen molar-refractivity contribution in [2.75, 3.05) is 13.2 Å². The van der Waals surface area contributed by atoms with Crippen molar-refractivity contribution in [2.24, 2.45) is 0 Å². The second-order valence-corrected chi connectivity index (χ2v) is 5.27. The van der Waals surface area contributed by atoms with Crippen LogP contribution in [-0.2, 0) is 0 Å². The van der Waals surface area contributed by atoms with E-state index in [0.29, 0.717) is 17.3 Å². The van der Waals surface area contributed by atoms with E-state index in [0.717, 1.165) is 25.8 Å². The van der Waals surface area contributed by atoms with Crippen LogP contribution in [-0.4, -0.2) is 40.1 Å². The molecule has 1 amide bonds. The fourth-order valence-corrected chi connectivity index (χ4v) is 2.82. The Balaban J connectivity index is 2.29. The normalized spacial score (nSPS) is 18.6. The minimum absolute atomic E-state index is 0.0356. The van der Waals surface area contributed by atoms with Crippen LogP contribution in [0.4, 0.5) is 0 Å². The van der Waals surface area contributed by atoms with Gasteiger partial charge in [-0.25, -0.2) is 4.98 Å². The SMILES string of the molecule is CCC1CCCCCN1C(=O)c1ncccc1C#CCO. The molecule has 1 atom stereocenters. The van der Waals surface area contributed by atoms with Crippen molar-refractivity contribution in [3.8, 4) is 11.8 Å². The van der Waals surface area contributed by atoms with E-state index in [9.17, 15) is 4.79 Å². The maximum absolute atomic E-state index is 12.8. The van der Waals surface area contributed by atoms with Gasteiger partial charge in [0.05, 0.1) is 5.56 Å². The quantitative estimate of drug-likeness (QED) is 0.848. The predicted molar refractivity (Wildman–Crippen MR) is 81.8 cm³/mol. The Morgan fingerprint density at radius 2 is 2.33 bits per heavy atom. The first kappa shape index (κ1) is 15.5. The van der Waals surface area contributed by atoms with Crippen LogP contribution in [0.3, 0.4) is 0 Å². The molecule has 21 heavy (non-hydrogen) atoms. The molecular weight excluding hydrogens is 264 g/mol. The number of rotatable bonds is 2. The average molecular weight is 286 g/mol. The van der Waals surface area contributed by atoms with Crippen molar-refractivity contribution >= 4 is 5.91 Å². The summed E-state index contributed by atoms with van der Waals surface area (Å²) in [5.74, 6) is 5.38. The standard InChI is InChI=1S/C17H22N2O2/c1-2-15-10-4-3-5-12-19(15)17(21)16-14(9-7-13-20)8-6-11-18-16/h6,8,11,15,20H,2-5,10,12-13H2,1H3. The molecule has 0 bridgehead atoms. The summed E-state index contributed by atoms with van der Waals surface area (Å²) in [7, 11) is 0. The Morgan fingerprint density at radius 1 is 1.48 bits per heavy atom. The highest BCUT2D eigenvalue weighted by atomic mass is 16.2. The number of aliphatic hydroxyl groups excluding tert-OH is 1. The maximum Gasteiger partial charge on any atom is 0.273 e. The molecule has 1 aliphatic rings. The summed E-state index contributed by atoms with van der Waals surface area (Å²) in [5, 5.41) is 8.83. The number of aromatic nitrogens is 1. The largest absolute Gasteiger partial charge is 0.384 e. The summed E-state index contributed by atoms with van der Waals surface area (Å²) in [6.07, 6.45) is 7.06. The molecule has 1 saturated heterocycles. The zero-order chi connectivity index (χ0) is 15.1. The Hall–Kier alpha value is -1.86. The van der Waals surface area contributed by atoms with Gasteiger partial charge in [-0.15, -0.1) is 0 Å². The van der Waals surface area contributed by atoms with E-state index in [1.54, 1.807) is 18.3 Å². The third-order valence-electron chi connectivity index (χ3n) is 3.92. The Bertz CT molecular complexity index is 545. The number of likely N-dealkylation sites (tertiary alicyclic amines) is 1. The van der Waals surface area contributed by atoms with E-state index in [-0.39, 0.29) is 12.5 Å². The molecule has 1 fully saturated rings. The van der Waals surface area contributed by atoms with E-state index in [1.807, 2.05) is 4.90 Å². The number of hydrogen-bond donors (Lipinski definition) is 1. The number of amides is 1. The molecule has 0 radical (unpaired) electrons. The third-order valence-corrected chi connectivity index (χ3v) is 3.92. The van der Waals surface area contributed by atoms with Crippen LogP contribution < -0.4 is 0 Å².